The average molecular weight is 366 g/mol. The number of para-hydroxylation sites is 3. The Morgan fingerprint density at radius 3 is 2.76 bits per heavy atom. The van der Waals surface area contributed by atoms with Gasteiger partial charge < -0.3 is 9.84 Å². The van der Waals surface area contributed by atoms with Gasteiger partial charge in [-0.05, 0) is 36.5 Å². The molecule has 2 heterocycles. The number of allylic oxidation sites excluding steroid dienone is 1. The third kappa shape index (κ3) is 2.69. The van der Waals surface area contributed by atoms with E-state index >= 15 is 0 Å². The highest BCUT2D eigenvalue weighted by Gasteiger charge is 2.17. The number of fused-ring (bicyclic) bond motifs is 1. The fourth-order valence-electron chi connectivity index (χ4n) is 2.80. The Bertz CT molecular complexity index is 1080. The lowest BCUT2D eigenvalue weighted by Gasteiger charge is -2.09. The van der Waals surface area contributed by atoms with Gasteiger partial charge in [0.05, 0.1) is 23.4 Å². The zero-order valence-corrected chi connectivity index (χ0v) is 15.0. The number of aromatic nitrogens is 1. The van der Waals surface area contributed by atoms with Crippen LogP contribution in [0.4, 0.5) is 5.69 Å². The molecule has 0 fully saturated rings. The van der Waals surface area contributed by atoms with Crippen LogP contribution in [0.3, 0.4) is 0 Å². The first-order valence-corrected chi connectivity index (χ1v) is 8.85. The van der Waals surface area contributed by atoms with Crippen LogP contribution in [0.2, 0.25) is 0 Å². The second kappa shape index (κ2) is 6.31. The van der Waals surface area contributed by atoms with Gasteiger partial charge >= 0.3 is 0 Å². The molecule has 0 atom stereocenters. The molecule has 0 radical (unpaired) electrons. The van der Waals surface area contributed by atoms with Gasteiger partial charge in [-0.3, -0.25) is 9.56 Å². The predicted molar refractivity (Wildman–Crippen MR) is 105 cm³/mol. The molecule has 0 saturated heterocycles. The maximum atomic E-state index is 10.8. The lowest BCUT2D eigenvalue weighted by atomic mass is 10.1. The molecule has 3 aromatic rings. The van der Waals surface area contributed by atoms with E-state index in [1.807, 2.05) is 54.6 Å². The summed E-state index contributed by atoms with van der Waals surface area (Å²) in [5, 5.41) is 10.8. The Kier molecular flexibility index (Phi) is 3.99. The van der Waals surface area contributed by atoms with Gasteiger partial charge in [-0.1, -0.05) is 30.3 Å². The van der Waals surface area contributed by atoms with E-state index < -0.39 is 0 Å². The van der Waals surface area contributed by atoms with E-state index in [-0.39, 0.29) is 5.88 Å². The molecule has 1 aliphatic heterocycles. The first-order valence-electron chi connectivity index (χ1n) is 7.62. The van der Waals surface area contributed by atoms with Crippen LogP contribution >= 0.6 is 23.6 Å². The molecule has 0 aliphatic carbocycles. The molecule has 2 aromatic carbocycles. The van der Waals surface area contributed by atoms with Crippen molar-refractivity contribution in [2.24, 2.45) is 4.99 Å². The van der Waals surface area contributed by atoms with Crippen molar-refractivity contribution in [2.45, 2.75) is 0 Å². The van der Waals surface area contributed by atoms with E-state index in [1.54, 1.807) is 17.9 Å². The second-order valence-corrected chi connectivity index (χ2v) is 7.11. The van der Waals surface area contributed by atoms with Gasteiger partial charge in [0.2, 0.25) is 5.88 Å². The zero-order chi connectivity index (χ0) is 17.4. The lowest BCUT2D eigenvalue weighted by molar-refractivity contribution is 0.405. The number of rotatable bonds is 3. The highest BCUT2D eigenvalue weighted by molar-refractivity contribution is 7.73. The number of aliphatic imine (C=N–C) groups is 1. The Morgan fingerprint density at radius 1 is 1.16 bits per heavy atom. The van der Waals surface area contributed by atoms with Crippen LogP contribution < -0.4 is 4.74 Å². The molecule has 0 amide bonds. The fourth-order valence-corrected chi connectivity index (χ4v) is 4.09. The van der Waals surface area contributed by atoms with Gasteiger partial charge in [0.15, 0.2) is 3.95 Å². The number of ether oxygens (including phenoxy) is 1. The molecule has 0 spiro atoms. The largest absolute Gasteiger partial charge is 0.495 e. The molecule has 1 N–H and O–H groups in total. The highest BCUT2D eigenvalue weighted by Crippen LogP contribution is 2.38. The molecule has 1 aromatic heterocycles. The van der Waals surface area contributed by atoms with Gasteiger partial charge in [0.25, 0.3) is 0 Å². The van der Waals surface area contributed by atoms with E-state index in [0.29, 0.717) is 20.3 Å². The minimum atomic E-state index is 0.102. The molecular weight excluding hydrogens is 352 g/mol. The number of hydrogen-bond donors (Lipinski definition) is 1. The maximum absolute atomic E-state index is 10.8. The molecule has 4 nitrogen and oxygen atoms in total. The summed E-state index contributed by atoms with van der Waals surface area (Å²) in [7, 11) is 1.60. The van der Waals surface area contributed by atoms with E-state index in [9.17, 15) is 5.11 Å². The number of methoxy groups -OCH3 is 1. The third-order valence-corrected chi connectivity index (χ3v) is 5.29. The Morgan fingerprint density at radius 2 is 1.92 bits per heavy atom. The van der Waals surface area contributed by atoms with Gasteiger partial charge in [-0.15, -0.1) is 11.3 Å². The quantitative estimate of drug-likeness (QED) is 0.645. The first-order chi connectivity index (χ1) is 12.2. The summed E-state index contributed by atoms with van der Waals surface area (Å²) in [4.78, 5) is 5.09. The molecule has 124 valence electrons. The summed E-state index contributed by atoms with van der Waals surface area (Å²) in [6, 6.07) is 15.4. The number of thiazole rings is 1. The smallest absolute Gasteiger partial charge is 0.215 e. The van der Waals surface area contributed by atoms with Gasteiger partial charge in [-0.25, -0.2) is 0 Å². The number of benzene rings is 2. The molecule has 0 unspecified atom stereocenters. The normalized spacial score (nSPS) is 14.0. The van der Waals surface area contributed by atoms with Crippen LogP contribution in [0.1, 0.15) is 10.4 Å². The summed E-state index contributed by atoms with van der Waals surface area (Å²) in [6.45, 7) is 0. The van der Waals surface area contributed by atoms with E-state index in [2.05, 4.69) is 4.99 Å². The zero-order valence-electron chi connectivity index (χ0n) is 13.3. The van der Waals surface area contributed by atoms with Crippen LogP contribution in [0, 0.1) is 3.95 Å². The Hall–Kier alpha value is -2.70. The van der Waals surface area contributed by atoms with Crippen LogP contribution in [0.5, 0.6) is 11.6 Å². The molecular formula is C19H14N2O2S2. The van der Waals surface area contributed by atoms with E-state index in [0.717, 1.165) is 16.8 Å². The minimum absolute atomic E-state index is 0.102. The monoisotopic (exact) mass is 366 g/mol. The summed E-state index contributed by atoms with van der Waals surface area (Å²) in [5.41, 5.74) is 3.65. The second-order valence-electron chi connectivity index (χ2n) is 5.44. The predicted octanol–water partition coefficient (Wildman–Crippen LogP) is 5.24. The standard InChI is InChI=1S/C19H14N2O2S2/c1-23-16-9-5-4-8-15(16)21-18(22)17(25-19(21)24)10-12-11-20-14-7-3-2-6-13(12)14/h2-11,22H,1H3/b12-10+. The average Bonchev–Trinajstić information content (AvgIpc) is 3.16. The van der Waals surface area contributed by atoms with Crippen molar-refractivity contribution in [1.82, 2.24) is 4.57 Å². The van der Waals surface area contributed by atoms with Crippen molar-refractivity contribution < 1.29 is 9.84 Å². The number of hydrogen-bond acceptors (Lipinski definition) is 5. The first kappa shape index (κ1) is 15.8. The molecule has 0 bridgehead atoms. The lowest BCUT2D eigenvalue weighted by Crippen LogP contribution is -1.97. The minimum Gasteiger partial charge on any atom is -0.495 e. The van der Waals surface area contributed by atoms with Crippen LogP contribution in [0.25, 0.3) is 17.3 Å². The van der Waals surface area contributed by atoms with Crippen LogP contribution in [0.15, 0.2) is 53.5 Å². The third-order valence-electron chi connectivity index (χ3n) is 3.98. The van der Waals surface area contributed by atoms with Crippen LogP contribution in [-0.2, 0) is 0 Å². The Labute approximate surface area is 154 Å². The number of nitrogens with zero attached hydrogens (tertiary/aromatic N) is 2. The van der Waals surface area contributed by atoms with Crippen molar-refractivity contribution in [3.05, 3.63) is 62.9 Å². The molecule has 1 aliphatic rings. The molecule has 4 rings (SSSR count). The van der Waals surface area contributed by atoms with Crippen molar-refractivity contribution in [3.8, 4) is 17.3 Å². The SMILES string of the molecule is COc1ccccc1-n1c(O)c(/C=C2\C=Nc3ccccc32)sc1=S. The molecule has 0 saturated carbocycles. The fraction of sp³-hybridized carbons (Fsp3) is 0.0526. The van der Waals surface area contributed by atoms with Crippen LogP contribution in [-0.4, -0.2) is 23.0 Å². The topological polar surface area (TPSA) is 46.8 Å². The summed E-state index contributed by atoms with van der Waals surface area (Å²) in [5.74, 6) is 0.753. The summed E-state index contributed by atoms with van der Waals surface area (Å²) < 4.78 is 7.57. The van der Waals surface area contributed by atoms with Crippen molar-refractivity contribution in [1.29, 1.82) is 0 Å². The van der Waals surface area contributed by atoms with Gasteiger partial charge in [-0.2, -0.15) is 0 Å². The molecule has 25 heavy (non-hydrogen) atoms. The van der Waals surface area contributed by atoms with Gasteiger partial charge in [0.1, 0.15) is 5.75 Å². The Balaban J connectivity index is 1.84. The van der Waals surface area contributed by atoms with Gasteiger partial charge in [0, 0.05) is 17.4 Å². The highest BCUT2D eigenvalue weighted by atomic mass is 32.1. The van der Waals surface area contributed by atoms with E-state index in [1.165, 1.54) is 11.3 Å². The van der Waals surface area contributed by atoms with Crippen molar-refractivity contribution >= 4 is 47.1 Å². The van der Waals surface area contributed by atoms with E-state index in [4.69, 9.17) is 17.0 Å². The maximum Gasteiger partial charge on any atom is 0.215 e. The van der Waals surface area contributed by atoms with Crippen molar-refractivity contribution in [2.75, 3.05) is 7.11 Å². The summed E-state index contributed by atoms with van der Waals surface area (Å²) in [6.07, 6.45) is 3.72. The summed E-state index contributed by atoms with van der Waals surface area (Å²) >= 11 is 6.82. The van der Waals surface area contributed by atoms with Crippen molar-refractivity contribution in [3.63, 3.8) is 0 Å². The molecule has 6 heteroatoms. The number of aromatic hydroxyl groups is 1.